The van der Waals surface area contributed by atoms with Gasteiger partial charge in [-0.15, -0.1) is 0 Å². The van der Waals surface area contributed by atoms with Gasteiger partial charge < -0.3 is 9.84 Å². The first kappa shape index (κ1) is 13.2. The normalized spacial score (nSPS) is 11.2. The fourth-order valence-electron chi connectivity index (χ4n) is 1.52. The molecule has 1 aromatic carbocycles. The number of nitrogens with zero attached hydrogens (tertiary/aromatic N) is 1. The van der Waals surface area contributed by atoms with Gasteiger partial charge in [0.25, 0.3) is 0 Å². The summed E-state index contributed by atoms with van der Waals surface area (Å²) in [6, 6.07) is 6.84. The molecule has 0 spiro atoms. The maximum atomic E-state index is 13.7. The van der Waals surface area contributed by atoms with Gasteiger partial charge in [-0.05, 0) is 18.2 Å². The number of halogens is 2. The van der Waals surface area contributed by atoms with Crippen LogP contribution in [0.15, 0.2) is 33.3 Å². The molecule has 0 aliphatic carbocycles. The van der Waals surface area contributed by atoms with E-state index in [9.17, 15) is 4.39 Å². The molecule has 0 unspecified atom stereocenters. The molecule has 0 radical (unpaired) electrons. The van der Waals surface area contributed by atoms with Gasteiger partial charge >= 0.3 is 0 Å². The molecule has 3 nitrogen and oxygen atoms in total. The average Bonchev–Trinajstić information content (AvgIpc) is 2.78. The van der Waals surface area contributed by atoms with Crippen LogP contribution in [0.1, 0.15) is 19.5 Å². The van der Waals surface area contributed by atoms with E-state index in [2.05, 4.69) is 40.3 Å². The van der Waals surface area contributed by atoms with Crippen LogP contribution < -0.4 is 5.32 Å². The fourth-order valence-corrected chi connectivity index (χ4v) is 1.88. The summed E-state index contributed by atoms with van der Waals surface area (Å²) in [5.41, 5.74) is 1.17. The molecule has 1 heterocycles. The quantitative estimate of drug-likeness (QED) is 0.934. The molecule has 0 saturated heterocycles. The summed E-state index contributed by atoms with van der Waals surface area (Å²) in [5, 5.41) is 7.14. The third-order valence-electron chi connectivity index (χ3n) is 2.44. The van der Waals surface area contributed by atoms with Crippen LogP contribution in [0.3, 0.4) is 0 Å². The zero-order valence-electron chi connectivity index (χ0n) is 10.2. The Morgan fingerprint density at radius 2 is 2.17 bits per heavy atom. The zero-order chi connectivity index (χ0) is 13.1. The van der Waals surface area contributed by atoms with Gasteiger partial charge in [0, 0.05) is 23.1 Å². The Bertz CT molecular complexity index is 540. The molecule has 0 amide bonds. The predicted molar refractivity (Wildman–Crippen MR) is 71.6 cm³/mol. The largest absolute Gasteiger partial charge is 0.356 e. The van der Waals surface area contributed by atoms with Crippen molar-refractivity contribution in [3.8, 4) is 11.3 Å². The van der Waals surface area contributed by atoms with Gasteiger partial charge in [0.2, 0.25) is 0 Å². The van der Waals surface area contributed by atoms with Crippen molar-refractivity contribution in [2.24, 2.45) is 0 Å². The molecule has 0 aliphatic rings. The number of benzene rings is 1. The third-order valence-corrected chi connectivity index (χ3v) is 2.94. The smallest absolute Gasteiger partial charge is 0.170 e. The number of aromatic nitrogens is 1. The second kappa shape index (κ2) is 5.63. The highest BCUT2D eigenvalue weighted by Gasteiger charge is 2.12. The van der Waals surface area contributed by atoms with E-state index in [-0.39, 0.29) is 5.82 Å². The lowest BCUT2D eigenvalue weighted by atomic mass is 10.1. The summed E-state index contributed by atoms with van der Waals surface area (Å²) < 4.78 is 19.6. The first-order chi connectivity index (χ1) is 8.56. The Kier molecular flexibility index (Phi) is 4.14. The second-order valence-electron chi connectivity index (χ2n) is 4.34. The maximum absolute atomic E-state index is 13.7. The Hall–Kier alpha value is -1.20. The molecule has 1 N–H and O–H groups in total. The van der Waals surface area contributed by atoms with Crippen molar-refractivity contribution in [1.29, 1.82) is 0 Å². The number of rotatable bonds is 4. The van der Waals surface area contributed by atoms with Gasteiger partial charge in [-0.3, -0.25) is 0 Å². The Morgan fingerprint density at radius 3 is 2.89 bits per heavy atom. The Labute approximate surface area is 113 Å². The van der Waals surface area contributed by atoms with Gasteiger partial charge in [-0.25, -0.2) is 4.39 Å². The summed E-state index contributed by atoms with van der Waals surface area (Å²) in [5.74, 6) is 0.118. The van der Waals surface area contributed by atoms with Gasteiger partial charge in [-0.1, -0.05) is 34.9 Å². The predicted octanol–water partition coefficient (Wildman–Crippen LogP) is 3.74. The van der Waals surface area contributed by atoms with E-state index in [0.29, 0.717) is 23.9 Å². The highest BCUT2D eigenvalue weighted by atomic mass is 79.9. The molecule has 0 fully saturated rings. The van der Waals surface area contributed by atoms with Crippen LogP contribution in [0.4, 0.5) is 4.39 Å². The number of hydrogen-bond donors (Lipinski definition) is 1. The Balaban J connectivity index is 2.21. The van der Waals surface area contributed by atoms with E-state index in [1.54, 1.807) is 18.2 Å². The minimum atomic E-state index is -0.322. The van der Waals surface area contributed by atoms with Crippen LogP contribution in [-0.4, -0.2) is 11.2 Å². The highest BCUT2D eigenvalue weighted by molar-refractivity contribution is 9.10. The van der Waals surface area contributed by atoms with Gasteiger partial charge in [0.1, 0.15) is 5.82 Å². The molecule has 0 bridgehead atoms. The Morgan fingerprint density at radius 1 is 1.39 bits per heavy atom. The topological polar surface area (TPSA) is 38.1 Å². The molecule has 2 rings (SSSR count). The molecule has 0 aliphatic heterocycles. The van der Waals surface area contributed by atoms with E-state index in [0.717, 1.165) is 10.2 Å². The van der Waals surface area contributed by atoms with Crippen molar-refractivity contribution in [3.63, 3.8) is 0 Å². The molecule has 0 saturated carbocycles. The van der Waals surface area contributed by atoms with E-state index in [1.165, 1.54) is 6.07 Å². The van der Waals surface area contributed by atoms with Crippen LogP contribution >= 0.6 is 15.9 Å². The van der Waals surface area contributed by atoms with Gasteiger partial charge in [0.15, 0.2) is 5.76 Å². The molecular formula is C13H14BrFN2O. The minimum absolute atomic E-state index is 0.322. The van der Waals surface area contributed by atoms with Crippen LogP contribution in [0.25, 0.3) is 11.3 Å². The van der Waals surface area contributed by atoms with E-state index < -0.39 is 0 Å². The molecule has 1 aromatic heterocycles. The lowest BCUT2D eigenvalue weighted by Crippen LogP contribution is -2.21. The van der Waals surface area contributed by atoms with Crippen molar-refractivity contribution in [1.82, 2.24) is 10.5 Å². The van der Waals surface area contributed by atoms with Crippen LogP contribution in [0, 0.1) is 5.82 Å². The summed E-state index contributed by atoms with van der Waals surface area (Å²) in [7, 11) is 0. The van der Waals surface area contributed by atoms with E-state index in [1.807, 2.05) is 0 Å². The second-order valence-corrected chi connectivity index (χ2v) is 5.26. The third kappa shape index (κ3) is 3.17. The van der Waals surface area contributed by atoms with Crippen molar-refractivity contribution < 1.29 is 8.91 Å². The van der Waals surface area contributed by atoms with Crippen LogP contribution in [0.2, 0.25) is 0 Å². The highest BCUT2D eigenvalue weighted by Crippen LogP contribution is 2.26. The van der Waals surface area contributed by atoms with E-state index in [4.69, 9.17) is 4.52 Å². The van der Waals surface area contributed by atoms with Crippen LogP contribution in [0.5, 0.6) is 0 Å². The molecule has 5 heteroatoms. The maximum Gasteiger partial charge on any atom is 0.170 e. The standard InChI is InChI=1S/C13H14BrFN2O/c1-8(2)16-7-10-6-13(18-17-10)11-5-9(14)3-4-12(11)15/h3-6,8,16H,7H2,1-2H3. The minimum Gasteiger partial charge on any atom is -0.356 e. The fraction of sp³-hybridized carbons (Fsp3) is 0.308. The van der Waals surface area contributed by atoms with Crippen molar-refractivity contribution in [3.05, 3.63) is 40.2 Å². The summed E-state index contributed by atoms with van der Waals surface area (Å²) >= 11 is 3.31. The van der Waals surface area contributed by atoms with Gasteiger partial charge in [0.05, 0.1) is 11.3 Å². The first-order valence-corrected chi connectivity index (χ1v) is 6.50. The van der Waals surface area contributed by atoms with Crippen molar-refractivity contribution >= 4 is 15.9 Å². The van der Waals surface area contributed by atoms with E-state index >= 15 is 0 Å². The molecule has 96 valence electrons. The lowest BCUT2D eigenvalue weighted by molar-refractivity contribution is 0.415. The summed E-state index contributed by atoms with van der Waals surface area (Å²) in [6.45, 7) is 4.71. The SMILES string of the molecule is CC(C)NCc1cc(-c2cc(Br)ccc2F)on1. The lowest BCUT2D eigenvalue weighted by Gasteiger charge is -2.03. The first-order valence-electron chi connectivity index (χ1n) is 5.70. The van der Waals surface area contributed by atoms with Crippen molar-refractivity contribution in [2.45, 2.75) is 26.4 Å². The number of hydrogen-bond acceptors (Lipinski definition) is 3. The molecular weight excluding hydrogens is 299 g/mol. The number of nitrogens with one attached hydrogen (secondary N) is 1. The summed E-state index contributed by atoms with van der Waals surface area (Å²) in [6.07, 6.45) is 0. The molecule has 18 heavy (non-hydrogen) atoms. The molecule has 0 atom stereocenters. The molecule has 2 aromatic rings. The zero-order valence-corrected chi connectivity index (χ0v) is 11.8. The monoisotopic (exact) mass is 312 g/mol. The summed E-state index contributed by atoms with van der Waals surface area (Å²) in [4.78, 5) is 0. The van der Waals surface area contributed by atoms with Gasteiger partial charge in [-0.2, -0.15) is 0 Å². The van der Waals surface area contributed by atoms with Crippen molar-refractivity contribution in [2.75, 3.05) is 0 Å². The van der Waals surface area contributed by atoms with Crippen LogP contribution in [-0.2, 0) is 6.54 Å². The average molecular weight is 313 g/mol.